The van der Waals surface area contributed by atoms with Crippen molar-refractivity contribution in [2.75, 3.05) is 6.54 Å². The molecule has 0 unspecified atom stereocenters. The molecule has 1 amide bonds. The summed E-state index contributed by atoms with van der Waals surface area (Å²) in [6.07, 6.45) is 3.84. The first-order valence-corrected chi connectivity index (χ1v) is 7.64. The molecule has 0 saturated heterocycles. The Morgan fingerprint density at radius 2 is 1.96 bits per heavy atom. The molecule has 0 aliphatic heterocycles. The number of benzene rings is 1. The van der Waals surface area contributed by atoms with E-state index in [1.165, 1.54) is 24.4 Å². The zero-order chi connectivity index (χ0) is 16.7. The van der Waals surface area contributed by atoms with Crippen molar-refractivity contribution in [2.24, 2.45) is 11.7 Å². The lowest BCUT2D eigenvalue weighted by molar-refractivity contribution is 0.0995. The van der Waals surface area contributed by atoms with Crippen LogP contribution in [0.5, 0.6) is 11.6 Å². The average Bonchev–Trinajstić information content (AvgIpc) is 2.53. The van der Waals surface area contributed by atoms with Crippen molar-refractivity contribution in [2.45, 2.75) is 26.8 Å². The average molecular weight is 314 g/mol. The third kappa shape index (κ3) is 5.67. The van der Waals surface area contributed by atoms with Gasteiger partial charge in [-0.3, -0.25) is 4.79 Å². The highest BCUT2D eigenvalue weighted by Gasteiger charge is 2.04. The van der Waals surface area contributed by atoms with Gasteiger partial charge in [-0.2, -0.15) is 0 Å². The summed E-state index contributed by atoms with van der Waals surface area (Å²) >= 11 is 0. The topological polar surface area (TPSA) is 90.1 Å². The molecule has 0 atom stereocenters. The fourth-order valence-corrected chi connectivity index (χ4v) is 1.92. The van der Waals surface area contributed by atoms with Crippen molar-refractivity contribution in [1.29, 1.82) is 0 Å². The van der Waals surface area contributed by atoms with E-state index in [0.717, 1.165) is 13.1 Å². The lowest BCUT2D eigenvalue weighted by Crippen LogP contribution is -2.16. The van der Waals surface area contributed by atoms with E-state index in [4.69, 9.17) is 10.5 Å². The lowest BCUT2D eigenvalue weighted by atomic mass is 10.1. The van der Waals surface area contributed by atoms with E-state index in [1.807, 2.05) is 24.3 Å². The van der Waals surface area contributed by atoms with E-state index in [-0.39, 0.29) is 5.69 Å². The highest BCUT2D eigenvalue weighted by Crippen LogP contribution is 2.19. The molecule has 0 aliphatic carbocycles. The second-order valence-electron chi connectivity index (χ2n) is 5.71. The summed E-state index contributed by atoms with van der Waals surface area (Å²) in [6, 6.07) is 7.76. The molecule has 3 N–H and O–H groups in total. The van der Waals surface area contributed by atoms with Crippen LogP contribution in [0.25, 0.3) is 0 Å². The molecular weight excluding hydrogens is 292 g/mol. The maximum Gasteiger partial charge on any atom is 0.268 e. The van der Waals surface area contributed by atoms with Crippen molar-refractivity contribution >= 4 is 5.91 Å². The van der Waals surface area contributed by atoms with Gasteiger partial charge in [-0.1, -0.05) is 26.0 Å². The minimum Gasteiger partial charge on any atom is -0.438 e. The second kappa shape index (κ2) is 8.24. The molecular formula is C17H22N4O2. The standard InChI is InChI=1S/C17H22N4O2/c1-12(2)7-8-19-9-13-3-5-14(6-4-13)23-16-11-20-15(10-21-16)17(18)22/h3-6,10-12,19H,7-9H2,1-2H3,(H2,18,22). The Balaban J connectivity index is 1.85. The summed E-state index contributed by atoms with van der Waals surface area (Å²) in [6.45, 7) is 6.27. The van der Waals surface area contributed by atoms with Gasteiger partial charge in [0.2, 0.25) is 5.88 Å². The number of hydrogen-bond acceptors (Lipinski definition) is 5. The number of ether oxygens (including phenoxy) is 1. The van der Waals surface area contributed by atoms with Crippen LogP contribution in [0.2, 0.25) is 0 Å². The van der Waals surface area contributed by atoms with Gasteiger partial charge >= 0.3 is 0 Å². The van der Waals surface area contributed by atoms with Crippen LogP contribution in [-0.4, -0.2) is 22.4 Å². The minimum absolute atomic E-state index is 0.111. The monoisotopic (exact) mass is 314 g/mol. The van der Waals surface area contributed by atoms with Crippen LogP contribution in [0, 0.1) is 5.92 Å². The van der Waals surface area contributed by atoms with E-state index in [1.54, 1.807) is 0 Å². The smallest absolute Gasteiger partial charge is 0.268 e. The molecule has 6 heteroatoms. The normalized spacial score (nSPS) is 10.7. The highest BCUT2D eigenvalue weighted by atomic mass is 16.5. The Morgan fingerprint density at radius 1 is 1.22 bits per heavy atom. The number of nitrogens with two attached hydrogens (primary N) is 1. The molecule has 1 heterocycles. The van der Waals surface area contributed by atoms with Crippen LogP contribution in [0.15, 0.2) is 36.7 Å². The Bertz CT molecular complexity index is 624. The third-order valence-corrected chi connectivity index (χ3v) is 3.25. The predicted molar refractivity (Wildman–Crippen MR) is 88.2 cm³/mol. The van der Waals surface area contributed by atoms with Crippen molar-refractivity contribution < 1.29 is 9.53 Å². The van der Waals surface area contributed by atoms with Crippen LogP contribution in [0.3, 0.4) is 0 Å². The number of carbonyl (C=O) groups excluding carboxylic acids is 1. The third-order valence-electron chi connectivity index (χ3n) is 3.25. The zero-order valence-corrected chi connectivity index (χ0v) is 13.5. The van der Waals surface area contributed by atoms with Gasteiger partial charge in [0.1, 0.15) is 11.4 Å². The Hall–Kier alpha value is -2.47. The van der Waals surface area contributed by atoms with Crippen LogP contribution in [0.1, 0.15) is 36.3 Å². The fourth-order valence-electron chi connectivity index (χ4n) is 1.92. The Kier molecular flexibility index (Phi) is 6.05. The van der Waals surface area contributed by atoms with Gasteiger partial charge in [-0.15, -0.1) is 0 Å². The largest absolute Gasteiger partial charge is 0.438 e. The van der Waals surface area contributed by atoms with Gasteiger partial charge < -0.3 is 15.8 Å². The number of rotatable bonds is 8. The minimum atomic E-state index is -0.613. The number of primary amides is 1. The molecule has 0 fully saturated rings. The molecule has 0 saturated carbocycles. The highest BCUT2D eigenvalue weighted by molar-refractivity contribution is 5.90. The Labute approximate surface area is 136 Å². The van der Waals surface area contributed by atoms with Crippen LogP contribution >= 0.6 is 0 Å². The first kappa shape index (κ1) is 16.9. The fraction of sp³-hybridized carbons (Fsp3) is 0.353. The van der Waals surface area contributed by atoms with E-state index >= 15 is 0 Å². The Morgan fingerprint density at radius 3 is 2.52 bits per heavy atom. The molecule has 1 aromatic carbocycles. The van der Waals surface area contributed by atoms with E-state index < -0.39 is 5.91 Å². The van der Waals surface area contributed by atoms with Gasteiger partial charge in [0.25, 0.3) is 5.91 Å². The molecule has 2 aromatic rings. The molecule has 23 heavy (non-hydrogen) atoms. The van der Waals surface area contributed by atoms with Gasteiger partial charge in [0, 0.05) is 6.54 Å². The number of aromatic nitrogens is 2. The molecule has 122 valence electrons. The van der Waals surface area contributed by atoms with E-state index in [0.29, 0.717) is 17.5 Å². The van der Waals surface area contributed by atoms with Crippen LogP contribution < -0.4 is 15.8 Å². The molecule has 1 aromatic heterocycles. The SMILES string of the molecule is CC(C)CCNCc1ccc(Oc2cnc(C(N)=O)cn2)cc1. The van der Waals surface area contributed by atoms with Crippen molar-refractivity contribution in [3.8, 4) is 11.6 Å². The molecule has 0 aliphatic rings. The first-order valence-electron chi connectivity index (χ1n) is 7.64. The molecule has 2 rings (SSSR count). The van der Waals surface area contributed by atoms with Gasteiger partial charge in [-0.05, 0) is 36.6 Å². The number of nitrogens with one attached hydrogen (secondary N) is 1. The quantitative estimate of drug-likeness (QED) is 0.731. The van der Waals surface area contributed by atoms with Crippen LogP contribution in [0.4, 0.5) is 0 Å². The number of amides is 1. The van der Waals surface area contributed by atoms with Crippen molar-refractivity contribution in [3.63, 3.8) is 0 Å². The summed E-state index contributed by atoms with van der Waals surface area (Å²) < 4.78 is 5.58. The van der Waals surface area contributed by atoms with Crippen molar-refractivity contribution in [1.82, 2.24) is 15.3 Å². The number of nitrogens with zero attached hydrogens (tertiary/aromatic N) is 2. The lowest BCUT2D eigenvalue weighted by Gasteiger charge is -2.08. The van der Waals surface area contributed by atoms with E-state index in [9.17, 15) is 4.79 Å². The van der Waals surface area contributed by atoms with E-state index in [2.05, 4.69) is 29.1 Å². The van der Waals surface area contributed by atoms with Crippen LogP contribution in [-0.2, 0) is 6.54 Å². The summed E-state index contributed by atoms with van der Waals surface area (Å²) in [5.74, 6) is 1.08. The van der Waals surface area contributed by atoms with Gasteiger partial charge in [-0.25, -0.2) is 9.97 Å². The summed E-state index contributed by atoms with van der Waals surface area (Å²) in [5, 5.41) is 3.41. The molecule has 6 nitrogen and oxygen atoms in total. The molecule has 0 radical (unpaired) electrons. The summed E-state index contributed by atoms with van der Waals surface area (Å²) in [7, 11) is 0. The van der Waals surface area contributed by atoms with Gasteiger partial charge in [0.05, 0.1) is 12.4 Å². The summed E-state index contributed by atoms with van der Waals surface area (Å²) in [5.41, 5.74) is 6.41. The molecule has 0 spiro atoms. The zero-order valence-electron chi connectivity index (χ0n) is 13.5. The second-order valence-corrected chi connectivity index (χ2v) is 5.71. The van der Waals surface area contributed by atoms with Gasteiger partial charge in [0.15, 0.2) is 0 Å². The number of hydrogen-bond donors (Lipinski definition) is 2. The molecule has 0 bridgehead atoms. The predicted octanol–water partition coefficient (Wildman–Crippen LogP) is 2.50. The number of carbonyl (C=O) groups is 1. The first-order chi connectivity index (χ1) is 11.0. The maximum absolute atomic E-state index is 10.9. The van der Waals surface area contributed by atoms with Crippen molar-refractivity contribution in [3.05, 3.63) is 47.9 Å². The maximum atomic E-state index is 10.9. The summed E-state index contributed by atoms with van der Waals surface area (Å²) in [4.78, 5) is 18.8.